The fourth-order valence-electron chi connectivity index (χ4n) is 1.42. The van der Waals surface area contributed by atoms with Crippen LogP contribution in [0.1, 0.15) is 5.01 Å². The molecule has 3 nitrogen and oxygen atoms in total. The van der Waals surface area contributed by atoms with Gasteiger partial charge in [-0.2, -0.15) is 0 Å². The van der Waals surface area contributed by atoms with Gasteiger partial charge in [0, 0.05) is 24.0 Å². The number of hydrogen-bond donors (Lipinski definition) is 1. The van der Waals surface area contributed by atoms with Gasteiger partial charge in [-0.15, -0.1) is 11.3 Å². The summed E-state index contributed by atoms with van der Waals surface area (Å²) in [5.41, 5.74) is 2.03. The summed E-state index contributed by atoms with van der Waals surface area (Å²) in [7, 11) is 1.65. The predicted molar refractivity (Wildman–Crippen MR) is 64.9 cm³/mol. The van der Waals surface area contributed by atoms with Crippen LogP contribution < -0.4 is 4.74 Å². The first-order valence-electron chi connectivity index (χ1n) is 5.03. The third-order valence-electron chi connectivity index (χ3n) is 2.26. The van der Waals surface area contributed by atoms with Crippen LogP contribution in [-0.4, -0.2) is 23.8 Å². The Kier molecular flexibility index (Phi) is 3.54. The van der Waals surface area contributed by atoms with Crippen LogP contribution in [0, 0.1) is 0 Å². The molecule has 0 atom stereocenters. The van der Waals surface area contributed by atoms with Gasteiger partial charge in [0.2, 0.25) is 0 Å². The zero-order chi connectivity index (χ0) is 11.4. The number of rotatable bonds is 4. The number of aliphatic hydroxyl groups is 1. The van der Waals surface area contributed by atoms with E-state index in [2.05, 4.69) is 4.98 Å². The van der Waals surface area contributed by atoms with Crippen LogP contribution in [-0.2, 0) is 6.42 Å². The SMILES string of the molecule is COc1ccc(-c2csc(CCO)n2)cc1. The molecule has 16 heavy (non-hydrogen) atoms. The lowest BCUT2D eigenvalue weighted by molar-refractivity contribution is 0.299. The first-order valence-corrected chi connectivity index (χ1v) is 5.91. The highest BCUT2D eigenvalue weighted by atomic mass is 32.1. The monoisotopic (exact) mass is 235 g/mol. The summed E-state index contributed by atoms with van der Waals surface area (Å²) in [5, 5.41) is 11.8. The molecule has 0 amide bonds. The van der Waals surface area contributed by atoms with E-state index in [4.69, 9.17) is 9.84 Å². The smallest absolute Gasteiger partial charge is 0.118 e. The van der Waals surface area contributed by atoms with Gasteiger partial charge in [0.25, 0.3) is 0 Å². The van der Waals surface area contributed by atoms with E-state index in [-0.39, 0.29) is 6.61 Å². The van der Waals surface area contributed by atoms with Gasteiger partial charge in [0.1, 0.15) is 5.75 Å². The lowest BCUT2D eigenvalue weighted by atomic mass is 10.2. The van der Waals surface area contributed by atoms with Crippen LogP contribution in [0.5, 0.6) is 5.75 Å². The molecule has 0 aliphatic heterocycles. The van der Waals surface area contributed by atoms with E-state index in [9.17, 15) is 0 Å². The first kappa shape index (κ1) is 11.1. The van der Waals surface area contributed by atoms with Crippen LogP contribution in [0.15, 0.2) is 29.6 Å². The van der Waals surface area contributed by atoms with Gasteiger partial charge < -0.3 is 9.84 Å². The lowest BCUT2D eigenvalue weighted by Gasteiger charge is -2.00. The number of nitrogens with zero attached hydrogens (tertiary/aromatic N) is 1. The average Bonchev–Trinajstić information content (AvgIpc) is 2.78. The van der Waals surface area contributed by atoms with E-state index in [1.54, 1.807) is 18.4 Å². The normalized spacial score (nSPS) is 10.4. The van der Waals surface area contributed by atoms with E-state index >= 15 is 0 Å². The van der Waals surface area contributed by atoms with Crippen molar-refractivity contribution in [2.75, 3.05) is 13.7 Å². The molecule has 2 aromatic rings. The van der Waals surface area contributed by atoms with Crippen molar-refractivity contribution >= 4 is 11.3 Å². The molecule has 0 saturated carbocycles. The molecule has 0 bridgehead atoms. The second kappa shape index (κ2) is 5.09. The van der Waals surface area contributed by atoms with Crippen LogP contribution in [0.4, 0.5) is 0 Å². The van der Waals surface area contributed by atoms with Crippen molar-refractivity contribution in [1.82, 2.24) is 4.98 Å². The minimum absolute atomic E-state index is 0.148. The van der Waals surface area contributed by atoms with Gasteiger partial charge in [0.05, 0.1) is 17.8 Å². The summed E-state index contributed by atoms with van der Waals surface area (Å²) < 4.78 is 5.10. The van der Waals surface area contributed by atoms with Gasteiger partial charge in [-0.1, -0.05) is 0 Å². The van der Waals surface area contributed by atoms with Crippen LogP contribution >= 0.6 is 11.3 Å². The van der Waals surface area contributed by atoms with Gasteiger partial charge in [-0.3, -0.25) is 0 Å². The first-order chi connectivity index (χ1) is 7.83. The maximum atomic E-state index is 8.82. The van der Waals surface area contributed by atoms with Gasteiger partial charge in [0.15, 0.2) is 0 Å². The van der Waals surface area contributed by atoms with Crippen molar-refractivity contribution in [3.05, 3.63) is 34.7 Å². The predicted octanol–water partition coefficient (Wildman–Crippen LogP) is 2.35. The standard InChI is InChI=1S/C12H13NO2S/c1-15-10-4-2-9(3-5-10)11-8-16-12(13-11)6-7-14/h2-5,8,14H,6-7H2,1H3. The Balaban J connectivity index is 2.21. The van der Waals surface area contributed by atoms with Gasteiger partial charge in [-0.25, -0.2) is 4.98 Å². The van der Waals surface area contributed by atoms with E-state index < -0.39 is 0 Å². The number of aliphatic hydroxyl groups excluding tert-OH is 1. The average molecular weight is 235 g/mol. The van der Waals surface area contributed by atoms with Gasteiger partial charge >= 0.3 is 0 Å². The Hall–Kier alpha value is -1.39. The molecule has 0 aliphatic rings. The van der Waals surface area contributed by atoms with Gasteiger partial charge in [-0.05, 0) is 24.3 Å². The summed E-state index contributed by atoms with van der Waals surface area (Å²) in [6.45, 7) is 0.148. The highest BCUT2D eigenvalue weighted by Crippen LogP contribution is 2.24. The van der Waals surface area contributed by atoms with Crippen molar-refractivity contribution in [2.24, 2.45) is 0 Å². The fraction of sp³-hybridized carbons (Fsp3) is 0.250. The molecular formula is C12H13NO2S. The highest BCUT2D eigenvalue weighted by molar-refractivity contribution is 7.09. The molecule has 0 aliphatic carbocycles. The third kappa shape index (κ3) is 2.40. The molecule has 1 aromatic heterocycles. The lowest BCUT2D eigenvalue weighted by Crippen LogP contribution is -1.89. The Morgan fingerprint density at radius 1 is 1.31 bits per heavy atom. The Morgan fingerprint density at radius 3 is 2.69 bits per heavy atom. The second-order valence-electron chi connectivity index (χ2n) is 3.33. The Bertz CT molecular complexity index is 450. The highest BCUT2D eigenvalue weighted by Gasteiger charge is 2.04. The largest absolute Gasteiger partial charge is 0.497 e. The van der Waals surface area contributed by atoms with Crippen molar-refractivity contribution in [3.63, 3.8) is 0 Å². The van der Waals surface area contributed by atoms with E-state index in [0.29, 0.717) is 6.42 Å². The number of methoxy groups -OCH3 is 1. The number of ether oxygens (including phenoxy) is 1. The second-order valence-corrected chi connectivity index (χ2v) is 4.27. The zero-order valence-corrected chi connectivity index (χ0v) is 9.83. The molecule has 1 heterocycles. The molecule has 1 aromatic carbocycles. The Labute approximate surface area is 98.4 Å². The topological polar surface area (TPSA) is 42.4 Å². The summed E-state index contributed by atoms with van der Waals surface area (Å²) in [6, 6.07) is 7.80. The third-order valence-corrected chi connectivity index (χ3v) is 3.17. The molecule has 2 rings (SSSR count). The molecule has 0 spiro atoms. The number of benzene rings is 1. The van der Waals surface area contributed by atoms with Crippen molar-refractivity contribution in [2.45, 2.75) is 6.42 Å². The minimum Gasteiger partial charge on any atom is -0.497 e. The number of thiazole rings is 1. The summed E-state index contributed by atoms with van der Waals surface area (Å²) in [6.07, 6.45) is 0.626. The fourth-order valence-corrected chi connectivity index (χ4v) is 2.21. The molecular weight excluding hydrogens is 222 g/mol. The quantitative estimate of drug-likeness (QED) is 0.884. The number of aromatic nitrogens is 1. The zero-order valence-electron chi connectivity index (χ0n) is 9.01. The molecule has 0 radical (unpaired) electrons. The molecule has 1 N–H and O–H groups in total. The molecule has 4 heteroatoms. The van der Waals surface area contributed by atoms with E-state index in [0.717, 1.165) is 22.0 Å². The number of hydrogen-bond acceptors (Lipinski definition) is 4. The maximum absolute atomic E-state index is 8.82. The van der Waals surface area contributed by atoms with Crippen LogP contribution in [0.3, 0.4) is 0 Å². The van der Waals surface area contributed by atoms with E-state index in [1.165, 1.54) is 0 Å². The summed E-state index contributed by atoms with van der Waals surface area (Å²) >= 11 is 1.58. The van der Waals surface area contributed by atoms with Crippen molar-refractivity contribution < 1.29 is 9.84 Å². The Morgan fingerprint density at radius 2 is 2.06 bits per heavy atom. The van der Waals surface area contributed by atoms with E-state index in [1.807, 2.05) is 29.6 Å². The molecule has 0 saturated heterocycles. The summed E-state index contributed by atoms with van der Waals surface area (Å²) in [4.78, 5) is 4.44. The molecule has 0 unspecified atom stereocenters. The van der Waals surface area contributed by atoms with Crippen LogP contribution in [0.25, 0.3) is 11.3 Å². The molecule has 84 valence electrons. The minimum atomic E-state index is 0.148. The van der Waals surface area contributed by atoms with Crippen LogP contribution in [0.2, 0.25) is 0 Å². The van der Waals surface area contributed by atoms with Crippen molar-refractivity contribution in [3.8, 4) is 17.0 Å². The maximum Gasteiger partial charge on any atom is 0.118 e. The summed E-state index contributed by atoms with van der Waals surface area (Å²) in [5.74, 6) is 0.842. The molecule has 0 fully saturated rings. The van der Waals surface area contributed by atoms with Crippen molar-refractivity contribution in [1.29, 1.82) is 0 Å².